The van der Waals surface area contributed by atoms with Crippen LogP contribution >= 0.6 is 0 Å². The number of imidazole rings is 1. The van der Waals surface area contributed by atoms with Crippen LogP contribution in [0.1, 0.15) is 37.3 Å². The number of aromatic nitrogens is 2. The maximum Gasteiger partial charge on any atom is 0.329 e. The summed E-state index contributed by atoms with van der Waals surface area (Å²) in [5.74, 6) is -0.709. The number of carbonyl (C=O) groups is 2. The Morgan fingerprint density at radius 2 is 2.00 bits per heavy atom. The number of hydrogen-bond donors (Lipinski definition) is 2. The van der Waals surface area contributed by atoms with Crippen LogP contribution in [0.5, 0.6) is 0 Å². The topological polar surface area (TPSA) is 108 Å². The van der Waals surface area contributed by atoms with E-state index in [0.717, 1.165) is 35.9 Å². The number of piperidine rings is 1. The number of carbonyl (C=O) groups excluding carboxylic acids is 2. The van der Waals surface area contributed by atoms with Gasteiger partial charge >= 0.3 is 5.69 Å². The summed E-state index contributed by atoms with van der Waals surface area (Å²) in [6, 6.07) is 5.08. The molecule has 1 fully saturated rings. The molecule has 8 nitrogen and oxygen atoms in total. The first-order chi connectivity index (χ1) is 13.0. The lowest BCUT2D eigenvalue weighted by Gasteiger charge is -2.21. The first-order valence-electron chi connectivity index (χ1n) is 9.35. The van der Waals surface area contributed by atoms with E-state index in [0.29, 0.717) is 26.2 Å². The van der Waals surface area contributed by atoms with Gasteiger partial charge in [-0.3, -0.25) is 24.0 Å². The minimum Gasteiger partial charge on any atom is -0.381 e. The van der Waals surface area contributed by atoms with Crippen molar-refractivity contribution < 1.29 is 14.3 Å². The van der Waals surface area contributed by atoms with Crippen LogP contribution in [-0.2, 0) is 27.8 Å². The van der Waals surface area contributed by atoms with Crippen LogP contribution in [0.4, 0.5) is 0 Å². The Morgan fingerprint density at radius 3 is 2.74 bits per heavy atom. The Kier molecular flexibility index (Phi) is 6.08. The van der Waals surface area contributed by atoms with Gasteiger partial charge in [0, 0.05) is 26.7 Å². The largest absolute Gasteiger partial charge is 0.381 e. The summed E-state index contributed by atoms with van der Waals surface area (Å²) in [5.41, 5.74) is 7.79. The molecule has 1 saturated heterocycles. The van der Waals surface area contributed by atoms with Crippen molar-refractivity contribution in [3.63, 3.8) is 0 Å². The molecule has 1 unspecified atom stereocenters. The lowest BCUT2D eigenvalue weighted by atomic mass is 10.0. The molecule has 1 aliphatic heterocycles. The zero-order chi connectivity index (χ0) is 19.4. The predicted octanol–water partition coefficient (Wildman–Crippen LogP) is 0.616. The Bertz CT molecular complexity index is 899. The molecule has 1 aromatic heterocycles. The normalized spacial score (nSPS) is 17.5. The zero-order valence-corrected chi connectivity index (χ0v) is 15.6. The highest BCUT2D eigenvalue weighted by atomic mass is 16.5. The van der Waals surface area contributed by atoms with Crippen LogP contribution in [0.2, 0.25) is 0 Å². The van der Waals surface area contributed by atoms with Gasteiger partial charge in [-0.2, -0.15) is 0 Å². The maximum atomic E-state index is 12.8. The van der Waals surface area contributed by atoms with Crippen molar-refractivity contribution in [2.75, 3.05) is 19.8 Å². The summed E-state index contributed by atoms with van der Waals surface area (Å²) in [4.78, 5) is 36.5. The summed E-state index contributed by atoms with van der Waals surface area (Å²) in [6.45, 7) is 1.92. The lowest BCUT2D eigenvalue weighted by molar-refractivity contribution is -0.135. The molecule has 0 bridgehead atoms. The fraction of sp³-hybridized carbons (Fsp3) is 0.526. The highest BCUT2D eigenvalue weighted by Crippen LogP contribution is 2.25. The van der Waals surface area contributed by atoms with E-state index in [2.05, 4.69) is 5.32 Å². The number of amides is 2. The van der Waals surface area contributed by atoms with Crippen molar-refractivity contribution in [2.45, 2.75) is 38.1 Å². The molecule has 0 saturated carbocycles. The summed E-state index contributed by atoms with van der Waals surface area (Å²) >= 11 is 0. The molecule has 146 valence electrons. The first kappa shape index (κ1) is 19.3. The highest BCUT2D eigenvalue weighted by molar-refractivity contribution is 6.00. The molecular formula is C19H26N4O4. The van der Waals surface area contributed by atoms with Crippen molar-refractivity contribution in [3.05, 3.63) is 34.2 Å². The van der Waals surface area contributed by atoms with E-state index in [-0.39, 0.29) is 18.0 Å². The van der Waals surface area contributed by atoms with Crippen molar-refractivity contribution in [1.82, 2.24) is 14.5 Å². The average Bonchev–Trinajstić information content (AvgIpc) is 2.90. The molecule has 0 aliphatic carbocycles. The molecule has 3 N–H and O–H groups in total. The van der Waals surface area contributed by atoms with Crippen LogP contribution in [0.25, 0.3) is 11.0 Å². The van der Waals surface area contributed by atoms with E-state index < -0.39 is 11.9 Å². The second-order valence-electron chi connectivity index (χ2n) is 6.82. The van der Waals surface area contributed by atoms with Crippen LogP contribution in [0.3, 0.4) is 0 Å². The molecule has 1 aliphatic rings. The van der Waals surface area contributed by atoms with Crippen LogP contribution in [0.15, 0.2) is 23.0 Å². The van der Waals surface area contributed by atoms with Crippen molar-refractivity contribution in [2.24, 2.45) is 12.8 Å². The van der Waals surface area contributed by atoms with Gasteiger partial charge in [-0.05, 0) is 43.9 Å². The number of nitrogens with one attached hydrogen (secondary N) is 1. The molecule has 8 heteroatoms. The van der Waals surface area contributed by atoms with Gasteiger partial charge in [0.15, 0.2) is 0 Å². The third kappa shape index (κ3) is 3.96. The molecule has 1 atom stereocenters. The number of hydrogen-bond acceptors (Lipinski definition) is 5. The summed E-state index contributed by atoms with van der Waals surface area (Å²) < 4.78 is 8.65. The molecule has 27 heavy (non-hydrogen) atoms. The van der Waals surface area contributed by atoms with E-state index >= 15 is 0 Å². The average molecular weight is 374 g/mol. The quantitative estimate of drug-likeness (QED) is 0.520. The van der Waals surface area contributed by atoms with Crippen molar-refractivity contribution in [1.29, 1.82) is 0 Å². The molecule has 0 spiro atoms. The monoisotopic (exact) mass is 374 g/mol. The van der Waals surface area contributed by atoms with Gasteiger partial charge in [0.2, 0.25) is 11.8 Å². The van der Waals surface area contributed by atoms with E-state index in [1.807, 2.05) is 18.2 Å². The van der Waals surface area contributed by atoms with Gasteiger partial charge in [-0.1, -0.05) is 12.1 Å². The van der Waals surface area contributed by atoms with Crippen molar-refractivity contribution >= 4 is 22.8 Å². The van der Waals surface area contributed by atoms with Crippen LogP contribution in [-0.4, -0.2) is 40.7 Å². The molecule has 2 aromatic rings. The Labute approximate surface area is 157 Å². The zero-order valence-electron chi connectivity index (χ0n) is 15.6. The number of aryl methyl sites for hydroxylation is 2. The molecule has 2 amide bonds. The second-order valence-corrected chi connectivity index (χ2v) is 6.82. The smallest absolute Gasteiger partial charge is 0.329 e. The fourth-order valence-corrected chi connectivity index (χ4v) is 3.60. The van der Waals surface area contributed by atoms with E-state index in [9.17, 15) is 14.4 Å². The van der Waals surface area contributed by atoms with Crippen LogP contribution < -0.4 is 16.7 Å². The van der Waals surface area contributed by atoms with Gasteiger partial charge in [0.1, 0.15) is 6.04 Å². The van der Waals surface area contributed by atoms with Gasteiger partial charge in [0.25, 0.3) is 0 Å². The number of fused-ring (bicyclic) bond motifs is 1. The SMILES string of the molecule is Cn1c(=O)n(C2CCC(=O)NC2=O)c2cccc(CCCOCCCN)c21. The van der Waals surface area contributed by atoms with Crippen LogP contribution in [0, 0.1) is 0 Å². The number of imide groups is 1. The molecule has 3 rings (SSSR count). The molecule has 2 heterocycles. The molecule has 1 aromatic carbocycles. The summed E-state index contributed by atoms with van der Waals surface area (Å²) in [7, 11) is 1.72. The number of benzene rings is 1. The van der Waals surface area contributed by atoms with E-state index in [4.69, 9.17) is 10.5 Å². The number of nitrogens with zero attached hydrogens (tertiary/aromatic N) is 2. The number of rotatable bonds is 8. The van der Waals surface area contributed by atoms with E-state index in [1.54, 1.807) is 11.6 Å². The molecule has 0 radical (unpaired) electrons. The fourth-order valence-electron chi connectivity index (χ4n) is 3.60. The van der Waals surface area contributed by atoms with Gasteiger partial charge in [-0.25, -0.2) is 4.79 Å². The van der Waals surface area contributed by atoms with Gasteiger partial charge in [0.05, 0.1) is 11.0 Å². The minimum absolute atomic E-state index is 0.235. The summed E-state index contributed by atoms with van der Waals surface area (Å²) in [6.07, 6.45) is 3.02. The van der Waals surface area contributed by atoms with E-state index in [1.165, 1.54) is 4.57 Å². The first-order valence-corrected chi connectivity index (χ1v) is 9.35. The third-order valence-electron chi connectivity index (χ3n) is 4.94. The number of para-hydroxylation sites is 1. The second kappa shape index (κ2) is 8.49. The summed E-state index contributed by atoms with van der Waals surface area (Å²) in [5, 5.41) is 2.33. The Hall–Kier alpha value is -2.45. The Morgan fingerprint density at radius 1 is 1.22 bits per heavy atom. The Balaban J connectivity index is 1.85. The third-order valence-corrected chi connectivity index (χ3v) is 4.94. The van der Waals surface area contributed by atoms with Gasteiger partial charge < -0.3 is 10.5 Å². The lowest BCUT2D eigenvalue weighted by Crippen LogP contribution is -2.44. The highest BCUT2D eigenvalue weighted by Gasteiger charge is 2.31. The standard InChI is InChI=1S/C19H26N4O4/c1-22-17-13(6-3-11-27-12-4-10-20)5-2-7-14(17)23(19(22)26)15-8-9-16(24)21-18(15)25/h2,5,7,15H,3-4,6,8-12,20H2,1H3,(H,21,24,25). The number of nitrogens with two attached hydrogens (primary N) is 1. The predicted molar refractivity (Wildman–Crippen MR) is 101 cm³/mol. The van der Waals surface area contributed by atoms with Crippen molar-refractivity contribution in [3.8, 4) is 0 Å². The molecular weight excluding hydrogens is 348 g/mol. The van der Waals surface area contributed by atoms with Gasteiger partial charge in [-0.15, -0.1) is 0 Å². The maximum absolute atomic E-state index is 12.8. The number of ether oxygens (including phenoxy) is 1. The minimum atomic E-state index is -0.659.